The molecule has 31 heavy (non-hydrogen) atoms. The quantitative estimate of drug-likeness (QED) is 0.712. The minimum absolute atomic E-state index is 0.0123. The average molecular weight is 445 g/mol. The van der Waals surface area contributed by atoms with E-state index < -0.39 is 9.84 Å². The topological polar surface area (TPSA) is 83.6 Å². The molecule has 0 saturated heterocycles. The second-order valence-corrected chi connectivity index (χ2v) is 10.4. The Balaban J connectivity index is 1.37. The van der Waals surface area contributed by atoms with E-state index >= 15 is 0 Å². The Kier molecular flexibility index (Phi) is 5.83. The van der Waals surface area contributed by atoms with Crippen LogP contribution < -0.4 is 10.2 Å². The maximum atomic E-state index is 12.9. The summed E-state index contributed by atoms with van der Waals surface area (Å²) < 4.78 is 38.5. The second kappa shape index (κ2) is 8.42. The predicted molar refractivity (Wildman–Crippen MR) is 115 cm³/mol. The van der Waals surface area contributed by atoms with Crippen molar-refractivity contribution in [1.29, 1.82) is 0 Å². The Morgan fingerprint density at radius 1 is 1.13 bits per heavy atom. The van der Waals surface area contributed by atoms with Gasteiger partial charge in [0.1, 0.15) is 5.82 Å². The summed E-state index contributed by atoms with van der Waals surface area (Å²) in [7, 11) is -3.64. The molecule has 6 nitrogen and oxygen atoms in total. The van der Waals surface area contributed by atoms with Gasteiger partial charge in [0, 0.05) is 30.6 Å². The lowest BCUT2D eigenvalue weighted by Crippen LogP contribution is -2.36. The highest BCUT2D eigenvalue weighted by atomic mass is 32.2. The standard InChI is InChI=1S/C23H25FN2O4S/c1-15-12-18-13-20(8-9-21(18)26(15)23(28)17-4-5-17)31(29,30)11-10-22(27)25-14-16-2-6-19(24)7-3-16/h2-3,6-9,13,15,17H,4-5,10-12,14H2,1H3,(H,25,27). The molecule has 1 atom stereocenters. The van der Waals surface area contributed by atoms with Crippen LogP contribution in [-0.4, -0.2) is 32.0 Å². The van der Waals surface area contributed by atoms with E-state index in [1.807, 2.05) is 6.92 Å². The fraction of sp³-hybridized carbons (Fsp3) is 0.391. The maximum Gasteiger partial charge on any atom is 0.230 e. The Bertz CT molecular complexity index is 1110. The number of carbonyl (C=O) groups excluding carboxylic acids is 2. The molecule has 1 saturated carbocycles. The van der Waals surface area contributed by atoms with Crippen LogP contribution in [0.4, 0.5) is 10.1 Å². The number of carbonyl (C=O) groups is 2. The van der Waals surface area contributed by atoms with Crippen LogP contribution in [-0.2, 0) is 32.4 Å². The van der Waals surface area contributed by atoms with Crippen molar-refractivity contribution >= 4 is 27.3 Å². The summed E-state index contributed by atoms with van der Waals surface area (Å²) in [6.07, 6.45) is 2.30. The van der Waals surface area contributed by atoms with E-state index in [0.29, 0.717) is 6.42 Å². The number of nitrogens with one attached hydrogen (secondary N) is 1. The molecule has 1 aliphatic heterocycles. The number of hydrogen-bond acceptors (Lipinski definition) is 4. The van der Waals surface area contributed by atoms with Gasteiger partial charge in [-0.1, -0.05) is 12.1 Å². The first kappa shape index (κ1) is 21.5. The van der Waals surface area contributed by atoms with Crippen molar-refractivity contribution in [3.8, 4) is 0 Å². The summed E-state index contributed by atoms with van der Waals surface area (Å²) >= 11 is 0. The average Bonchev–Trinajstić information content (AvgIpc) is 3.53. The van der Waals surface area contributed by atoms with Gasteiger partial charge in [0.25, 0.3) is 0 Å². The van der Waals surface area contributed by atoms with Crippen molar-refractivity contribution < 1.29 is 22.4 Å². The molecule has 1 N–H and O–H groups in total. The van der Waals surface area contributed by atoms with E-state index in [1.165, 1.54) is 18.2 Å². The molecule has 164 valence electrons. The molecule has 2 aromatic carbocycles. The second-order valence-electron chi connectivity index (χ2n) is 8.30. The number of benzene rings is 2. The lowest BCUT2D eigenvalue weighted by atomic mass is 10.1. The number of amides is 2. The molecule has 0 aromatic heterocycles. The van der Waals surface area contributed by atoms with Gasteiger partial charge in [-0.25, -0.2) is 12.8 Å². The highest BCUT2D eigenvalue weighted by molar-refractivity contribution is 7.91. The Morgan fingerprint density at radius 2 is 1.84 bits per heavy atom. The molecular formula is C23H25FN2O4S. The van der Waals surface area contributed by atoms with Gasteiger partial charge in [-0.15, -0.1) is 0 Å². The molecule has 2 aliphatic rings. The van der Waals surface area contributed by atoms with Crippen LogP contribution in [0.1, 0.15) is 37.3 Å². The Morgan fingerprint density at radius 3 is 2.52 bits per heavy atom. The number of nitrogens with zero attached hydrogens (tertiary/aromatic N) is 1. The van der Waals surface area contributed by atoms with Crippen molar-refractivity contribution in [2.45, 2.75) is 50.1 Å². The van der Waals surface area contributed by atoms with E-state index in [1.54, 1.807) is 29.2 Å². The van der Waals surface area contributed by atoms with E-state index in [0.717, 1.165) is 29.7 Å². The smallest absolute Gasteiger partial charge is 0.230 e. The number of anilines is 1. The van der Waals surface area contributed by atoms with Gasteiger partial charge in [-0.3, -0.25) is 9.59 Å². The molecule has 0 spiro atoms. The summed E-state index contributed by atoms with van der Waals surface area (Å²) in [6.45, 7) is 2.18. The molecule has 2 amide bonds. The zero-order valence-electron chi connectivity index (χ0n) is 17.3. The van der Waals surface area contributed by atoms with E-state index in [-0.39, 0.29) is 53.2 Å². The van der Waals surface area contributed by atoms with Crippen LogP contribution in [0.15, 0.2) is 47.4 Å². The van der Waals surface area contributed by atoms with Gasteiger partial charge >= 0.3 is 0 Å². The summed E-state index contributed by atoms with van der Waals surface area (Å²) in [4.78, 5) is 26.6. The highest BCUT2D eigenvalue weighted by Gasteiger charge is 2.39. The summed E-state index contributed by atoms with van der Waals surface area (Å²) in [6, 6.07) is 10.6. The zero-order chi connectivity index (χ0) is 22.2. The summed E-state index contributed by atoms with van der Waals surface area (Å²) in [5, 5.41) is 2.65. The van der Waals surface area contributed by atoms with E-state index in [2.05, 4.69) is 5.32 Å². The first-order valence-corrected chi connectivity index (χ1v) is 12.1. The fourth-order valence-electron chi connectivity index (χ4n) is 3.90. The summed E-state index contributed by atoms with van der Waals surface area (Å²) in [5.74, 6) is -0.819. The monoisotopic (exact) mass is 444 g/mol. The van der Waals surface area contributed by atoms with Crippen LogP contribution >= 0.6 is 0 Å². The van der Waals surface area contributed by atoms with E-state index in [4.69, 9.17) is 0 Å². The van der Waals surface area contributed by atoms with Crippen molar-refractivity contribution in [3.63, 3.8) is 0 Å². The van der Waals surface area contributed by atoms with Gasteiger partial charge < -0.3 is 10.2 Å². The lowest BCUT2D eigenvalue weighted by Gasteiger charge is -2.22. The zero-order valence-corrected chi connectivity index (χ0v) is 18.1. The van der Waals surface area contributed by atoms with Gasteiger partial charge in [-0.05, 0) is 67.6 Å². The molecule has 1 fully saturated rings. The number of halogens is 1. The minimum atomic E-state index is -3.64. The molecule has 2 aromatic rings. The molecule has 1 unspecified atom stereocenters. The van der Waals surface area contributed by atoms with Crippen LogP contribution in [0.3, 0.4) is 0 Å². The van der Waals surface area contributed by atoms with Crippen molar-refractivity contribution in [2.24, 2.45) is 5.92 Å². The predicted octanol–water partition coefficient (Wildman–Crippen LogP) is 2.99. The number of rotatable bonds is 7. The maximum absolute atomic E-state index is 12.9. The first-order chi connectivity index (χ1) is 14.7. The third-order valence-corrected chi connectivity index (χ3v) is 7.50. The normalized spacial score (nSPS) is 18.0. The number of sulfone groups is 1. The van der Waals surface area contributed by atoms with Gasteiger partial charge in [0.15, 0.2) is 9.84 Å². The van der Waals surface area contributed by atoms with Crippen molar-refractivity contribution in [2.75, 3.05) is 10.7 Å². The van der Waals surface area contributed by atoms with Crippen LogP contribution in [0.5, 0.6) is 0 Å². The minimum Gasteiger partial charge on any atom is -0.352 e. The van der Waals surface area contributed by atoms with Gasteiger partial charge in [-0.2, -0.15) is 0 Å². The number of hydrogen-bond donors (Lipinski definition) is 1. The van der Waals surface area contributed by atoms with Gasteiger partial charge in [0.2, 0.25) is 11.8 Å². The molecular weight excluding hydrogens is 419 g/mol. The largest absolute Gasteiger partial charge is 0.352 e. The molecule has 1 heterocycles. The van der Waals surface area contributed by atoms with Crippen LogP contribution in [0.2, 0.25) is 0 Å². The number of fused-ring (bicyclic) bond motifs is 1. The molecule has 0 radical (unpaired) electrons. The first-order valence-electron chi connectivity index (χ1n) is 10.4. The molecule has 8 heteroatoms. The van der Waals surface area contributed by atoms with Crippen molar-refractivity contribution in [3.05, 3.63) is 59.4 Å². The molecule has 0 bridgehead atoms. The van der Waals surface area contributed by atoms with Crippen molar-refractivity contribution in [1.82, 2.24) is 5.32 Å². The highest BCUT2D eigenvalue weighted by Crippen LogP contribution is 2.39. The Hall–Kier alpha value is -2.74. The van der Waals surface area contributed by atoms with Gasteiger partial charge in [0.05, 0.1) is 10.6 Å². The third-order valence-electron chi connectivity index (χ3n) is 5.79. The summed E-state index contributed by atoms with van der Waals surface area (Å²) in [5.41, 5.74) is 2.37. The van der Waals surface area contributed by atoms with Crippen LogP contribution in [0.25, 0.3) is 0 Å². The van der Waals surface area contributed by atoms with E-state index in [9.17, 15) is 22.4 Å². The fourth-order valence-corrected chi connectivity index (χ4v) is 5.19. The molecule has 1 aliphatic carbocycles. The third kappa shape index (κ3) is 4.79. The SMILES string of the molecule is CC1Cc2cc(S(=O)(=O)CCC(=O)NCc3ccc(F)cc3)ccc2N1C(=O)C1CC1. The molecule has 4 rings (SSSR count). The van der Waals surface area contributed by atoms with Crippen LogP contribution in [0, 0.1) is 11.7 Å². The lowest BCUT2D eigenvalue weighted by molar-refractivity contribution is -0.121. The Labute approximate surface area is 181 Å².